The Morgan fingerprint density at radius 3 is 2.32 bits per heavy atom. The van der Waals surface area contributed by atoms with E-state index in [0.29, 0.717) is 19.6 Å². The zero-order chi connectivity index (χ0) is 26.5. The lowest BCUT2D eigenvalue weighted by molar-refractivity contribution is -0.0851. The molecule has 3 heterocycles. The Hall–Kier alpha value is -3.03. The molecule has 2 aromatic carbocycles. The molecule has 2 fully saturated rings. The van der Waals surface area contributed by atoms with E-state index in [0.717, 1.165) is 64.4 Å². The van der Waals surface area contributed by atoms with Gasteiger partial charge < -0.3 is 24.4 Å². The minimum atomic E-state index is -0.728. The Kier molecular flexibility index (Phi) is 6.71. The second-order valence-electron chi connectivity index (χ2n) is 10.7. The van der Waals surface area contributed by atoms with Gasteiger partial charge in [-0.05, 0) is 50.5 Å². The fourth-order valence-electron chi connectivity index (χ4n) is 6.81. The van der Waals surface area contributed by atoms with Crippen molar-refractivity contribution in [2.45, 2.75) is 64.9 Å². The standard InChI is InChI=1S/C30H39N3O4/c1-7-33-29(35)32-18-23-16-24(36-5)17-25(37-6)27(23)21(4)15-26(32)30(33)8-10-31(11-9-30)28(34)22-13-19(2)12-20(3)14-22/h12-17,21,29,35H,7-11,18H2,1-6H3/t21-,29?/m0/s1. The Morgan fingerprint density at radius 2 is 1.73 bits per heavy atom. The summed E-state index contributed by atoms with van der Waals surface area (Å²) in [6.07, 6.45) is 3.13. The monoisotopic (exact) mass is 505 g/mol. The number of likely N-dealkylation sites (N-methyl/N-ethyl adjacent to an activating group) is 1. The molecule has 3 aliphatic heterocycles. The van der Waals surface area contributed by atoms with Crippen LogP contribution in [0.3, 0.4) is 0 Å². The summed E-state index contributed by atoms with van der Waals surface area (Å²) >= 11 is 0. The van der Waals surface area contributed by atoms with Gasteiger partial charge in [0.15, 0.2) is 6.35 Å². The van der Waals surface area contributed by atoms with Gasteiger partial charge in [-0.2, -0.15) is 0 Å². The van der Waals surface area contributed by atoms with Crippen LogP contribution in [0.15, 0.2) is 42.1 Å². The van der Waals surface area contributed by atoms with Crippen LogP contribution in [0.5, 0.6) is 11.5 Å². The van der Waals surface area contributed by atoms with Crippen LogP contribution in [0, 0.1) is 13.8 Å². The summed E-state index contributed by atoms with van der Waals surface area (Å²) in [4.78, 5) is 19.7. The van der Waals surface area contributed by atoms with E-state index in [4.69, 9.17) is 9.47 Å². The minimum absolute atomic E-state index is 0.0903. The average molecular weight is 506 g/mol. The molecule has 0 aromatic heterocycles. The van der Waals surface area contributed by atoms with Gasteiger partial charge in [0.05, 0.1) is 19.8 Å². The van der Waals surface area contributed by atoms with Crippen molar-refractivity contribution in [2.75, 3.05) is 33.9 Å². The summed E-state index contributed by atoms with van der Waals surface area (Å²) in [6, 6.07) is 10.1. The van der Waals surface area contributed by atoms with Crippen molar-refractivity contribution in [1.82, 2.24) is 14.7 Å². The van der Waals surface area contributed by atoms with Gasteiger partial charge in [-0.15, -0.1) is 0 Å². The SMILES string of the molecule is CCN1C(O)N2Cc3cc(OC)cc(OC)c3[C@@H](C)C=C2C12CCN(C(=O)c1cc(C)cc(C)c1)CC2. The van der Waals surface area contributed by atoms with Crippen molar-refractivity contribution in [2.24, 2.45) is 0 Å². The summed E-state index contributed by atoms with van der Waals surface area (Å²) in [5, 5.41) is 11.6. The highest BCUT2D eigenvalue weighted by Gasteiger charge is 2.55. The predicted octanol–water partition coefficient (Wildman–Crippen LogP) is 4.41. The van der Waals surface area contributed by atoms with Gasteiger partial charge in [0.25, 0.3) is 5.91 Å². The zero-order valence-corrected chi connectivity index (χ0v) is 22.9. The van der Waals surface area contributed by atoms with Crippen LogP contribution in [-0.2, 0) is 6.54 Å². The van der Waals surface area contributed by atoms with E-state index in [2.05, 4.69) is 41.9 Å². The topological polar surface area (TPSA) is 65.5 Å². The van der Waals surface area contributed by atoms with Gasteiger partial charge in [0, 0.05) is 55.0 Å². The molecule has 0 aliphatic carbocycles. The van der Waals surface area contributed by atoms with E-state index in [1.165, 1.54) is 0 Å². The van der Waals surface area contributed by atoms with E-state index in [1.807, 2.05) is 36.9 Å². The van der Waals surface area contributed by atoms with Crippen LogP contribution < -0.4 is 9.47 Å². The molecule has 2 aromatic rings. The van der Waals surface area contributed by atoms with E-state index in [1.54, 1.807) is 14.2 Å². The molecule has 2 saturated heterocycles. The summed E-state index contributed by atoms with van der Waals surface area (Å²) in [5.41, 5.74) is 6.04. The molecule has 2 atom stereocenters. The van der Waals surface area contributed by atoms with E-state index in [9.17, 15) is 9.90 Å². The molecule has 1 N–H and O–H groups in total. The average Bonchev–Trinajstić information content (AvgIpc) is 2.99. The highest BCUT2D eigenvalue weighted by Crippen LogP contribution is 2.50. The number of likely N-dealkylation sites (tertiary alicyclic amines) is 1. The predicted molar refractivity (Wildman–Crippen MR) is 144 cm³/mol. The van der Waals surface area contributed by atoms with Crippen LogP contribution in [0.25, 0.3) is 0 Å². The third-order valence-corrected chi connectivity index (χ3v) is 8.44. The molecule has 198 valence electrons. The number of carbonyl (C=O) groups is 1. The maximum Gasteiger partial charge on any atom is 0.253 e. The van der Waals surface area contributed by atoms with Crippen LogP contribution in [0.4, 0.5) is 0 Å². The van der Waals surface area contributed by atoms with Gasteiger partial charge in [0.1, 0.15) is 11.5 Å². The molecule has 3 aliphatic rings. The summed E-state index contributed by atoms with van der Waals surface area (Å²) < 4.78 is 11.3. The third kappa shape index (κ3) is 4.18. The molecule has 7 heteroatoms. The normalized spacial score (nSPS) is 22.8. The number of carbonyl (C=O) groups excluding carboxylic acids is 1. The Bertz CT molecular complexity index is 1210. The van der Waals surface area contributed by atoms with Gasteiger partial charge in [-0.1, -0.05) is 37.1 Å². The highest BCUT2D eigenvalue weighted by molar-refractivity contribution is 5.94. The molecule has 37 heavy (non-hydrogen) atoms. The molecule has 0 bridgehead atoms. The number of hydrogen-bond acceptors (Lipinski definition) is 6. The van der Waals surface area contributed by atoms with E-state index >= 15 is 0 Å². The van der Waals surface area contributed by atoms with Gasteiger partial charge in [-0.3, -0.25) is 4.79 Å². The summed E-state index contributed by atoms with van der Waals surface area (Å²) in [7, 11) is 3.36. The number of rotatable bonds is 4. The van der Waals surface area contributed by atoms with Crippen molar-refractivity contribution >= 4 is 5.91 Å². The number of aryl methyl sites for hydroxylation is 2. The van der Waals surface area contributed by atoms with Crippen LogP contribution in [0.1, 0.15) is 65.2 Å². The van der Waals surface area contributed by atoms with Crippen LogP contribution in [-0.4, -0.2) is 71.5 Å². The molecular formula is C30H39N3O4. The molecule has 1 unspecified atom stereocenters. The zero-order valence-electron chi connectivity index (χ0n) is 22.9. The number of methoxy groups -OCH3 is 2. The van der Waals surface area contributed by atoms with Crippen LogP contribution in [0.2, 0.25) is 0 Å². The van der Waals surface area contributed by atoms with Gasteiger partial charge >= 0.3 is 0 Å². The number of ether oxygens (including phenoxy) is 2. The first-order valence-corrected chi connectivity index (χ1v) is 13.3. The van der Waals surface area contributed by atoms with Crippen molar-refractivity contribution in [3.05, 3.63) is 69.9 Å². The number of piperidine rings is 1. The Labute approximate surface area is 220 Å². The fourth-order valence-corrected chi connectivity index (χ4v) is 6.81. The molecule has 1 amide bonds. The quantitative estimate of drug-likeness (QED) is 0.664. The number of amides is 1. The Balaban J connectivity index is 1.47. The fraction of sp³-hybridized carbons (Fsp3) is 0.500. The number of hydrogen-bond donors (Lipinski definition) is 1. The number of benzene rings is 2. The number of aliphatic hydroxyl groups excluding tert-OH is 1. The van der Waals surface area contributed by atoms with Crippen molar-refractivity contribution < 1.29 is 19.4 Å². The number of allylic oxidation sites excluding steroid dienone is 1. The number of fused-ring (bicyclic) bond motifs is 3. The summed E-state index contributed by atoms with van der Waals surface area (Å²) in [5.74, 6) is 1.75. The lowest BCUT2D eigenvalue weighted by Crippen LogP contribution is -2.55. The molecule has 7 nitrogen and oxygen atoms in total. The molecule has 0 radical (unpaired) electrons. The van der Waals surface area contributed by atoms with Crippen LogP contribution >= 0.6 is 0 Å². The highest BCUT2D eigenvalue weighted by atomic mass is 16.5. The molecule has 1 spiro atoms. The lowest BCUT2D eigenvalue weighted by Gasteiger charge is -2.45. The molecule has 5 rings (SSSR count). The Morgan fingerprint density at radius 1 is 1.05 bits per heavy atom. The first-order chi connectivity index (χ1) is 17.7. The molecular weight excluding hydrogens is 466 g/mol. The first kappa shape index (κ1) is 25.6. The first-order valence-electron chi connectivity index (χ1n) is 13.3. The largest absolute Gasteiger partial charge is 0.497 e. The van der Waals surface area contributed by atoms with Gasteiger partial charge in [-0.25, -0.2) is 4.90 Å². The number of nitrogens with zero attached hydrogens (tertiary/aromatic N) is 3. The maximum absolute atomic E-state index is 13.4. The molecule has 0 saturated carbocycles. The van der Waals surface area contributed by atoms with E-state index in [-0.39, 0.29) is 17.4 Å². The smallest absolute Gasteiger partial charge is 0.253 e. The van der Waals surface area contributed by atoms with Gasteiger partial charge in [0.2, 0.25) is 0 Å². The number of aliphatic hydroxyl groups is 1. The van der Waals surface area contributed by atoms with Crippen molar-refractivity contribution in [3.8, 4) is 11.5 Å². The summed E-state index contributed by atoms with van der Waals surface area (Å²) in [6.45, 7) is 11.0. The second-order valence-corrected chi connectivity index (χ2v) is 10.7. The second kappa shape index (κ2) is 9.69. The maximum atomic E-state index is 13.4. The lowest BCUT2D eigenvalue weighted by atomic mass is 9.82. The minimum Gasteiger partial charge on any atom is -0.497 e. The van der Waals surface area contributed by atoms with Crippen molar-refractivity contribution in [1.29, 1.82) is 0 Å². The van der Waals surface area contributed by atoms with Crippen molar-refractivity contribution in [3.63, 3.8) is 0 Å². The van der Waals surface area contributed by atoms with E-state index < -0.39 is 6.35 Å². The third-order valence-electron chi connectivity index (χ3n) is 8.44.